The smallest absolute Gasteiger partial charge is 0.129 e. The maximum absolute atomic E-state index is 4.77. The van der Waals surface area contributed by atoms with Crippen LogP contribution in [-0.4, -0.2) is 24.1 Å². The van der Waals surface area contributed by atoms with E-state index in [4.69, 9.17) is 4.98 Å². The second-order valence-electron chi connectivity index (χ2n) is 5.51. The van der Waals surface area contributed by atoms with E-state index in [2.05, 4.69) is 49.2 Å². The van der Waals surface area contributed by atoms with Crippen molar-refractivity contribution in [2.75, 3.05) is 18.0 Å². The molecule has 2 rings (SSSR count). The molecule has 3 nitrogen and oxygen atoms in total. The van der Waals surface area contributed by atoms with Crippen molar-refractivity contribution in [2.24, 2.45) is 5.92 Å². The van der Waals surface area contributed by atoms with Gasteiger partial charge in [-0.15, -0.1) is 0 Å². The fourth-order valence-corrected chi connectivity index (χ4v) is 2.74. The van der Waals surface area contributed by atoms with Crippen LogP contribution in [0.5, 0.6) is 0 Å². The molecular weight excluding hydrogens is 222 g/mol. The van der Waals surface area contributed by atoms with Gasteiger partial charge in [0.15, 0.2) is 0 Å². The van der Waals surface area contributed by atoms with Gasteiger partial charge in [-0.1, -0.05) is 19.9 Å². The fourth-order valence-electron chi connectivity index (χ4n) is 2.74. The summed E-state index contributed by atoms with van der Waals surface area (Å²) in [5.41, 5.74) is 1.15. The van der Waals surface area contributed by atoms with Gasteiger partial charge in [0.05, 0.1) is 5.69 Å². The van der Waals surface area contributed by atoms with E-state index >= 15 is 0 Å². The Morgan fingerprint density at radius 1 is 1.39 bits per heavy atom. The number of nitrogens with zero attached hydrogens (tertiary/aromatic N) is 2. The van der Waals surface area contributed by atoms with Crippen molar-refractivity contribution in [3.8, 4) is 0 Å². The van der Waals surface area contributed by atoms with Gasteiger partial charge in [-0.3, -0.25) is 0 Å². The van der Waals surface area contributed by atoms with Crippen LogP contribution in [0.2, 0.25) is 0 Å². The number of nitrogens with one attached hydrogen (secondary N) is 1. The van der Waals surface area contributed by atoms with Crippen molar-refractivity contribution in [3.63, 3.8) is 0 Å². The van der Waals surface area contributed by atoms with Crippen LogP contribution in [0.3, 0.4) is 0 Å². The predicted molar refractivity (Wildman–Crippen MR) is 76.8 cm³/mol. The minimum Gasteiger partial charge on any atom is -0.354 e. The van der Waals surface area contributed by atoms with Gasteiger partial charge in [-0.25, -0.2) is 4.98 Å². The van der Waals surface area contributed by atoms with E-state index in [0.29, 0.717) is 6.04 Å². The van der Waals surface area contributed by atoms with Gasteiger partial charge in [0.25, 0.3) is 0 Å². The molecule has 0 bridgehead atoms. The Morgan fingerprint density at radius 3 is 2.89 bits per heavy atom. The van der Waals surface area contributed by atoms with Crippen LogP contribution in [0.1, 0.15) is 39.3 Å². The molecule has 18 heavy (non-hydrogen) atoms. The Hall–Kier alpha value is -1.09. The molecule has 3 heteroatoms. The summed E-state index contributed by atoms with van der Waals surface area (Å²) in [7, 11) is 0. The molecule has 1 saturated heterocycles. The Bertz CT molecular complexity index is 378. The summed E-state index contributed by atoms with van der Waals surface area (Å²) in [6, 6.07) is 6.99. The van der Waals surface area contributed by atoms with E-state index in [1.807, 2.05) is 0 Å². The van der Waals surface area contributed by atoms with Gasteiger partial charge in [-0.05, 0) is 44.4 Å². The Balaban J connectivity index is 2.02. The van der Waals surface area contributed by atoms with Crippen LogP contribution in [-0.2, 0) is 6.54 Å². The Kier molecular flexibility index (Phi) is 4.59. The molecule has 0 saturated carbocycles. The van der Waals surface area contributed by atoms with Gasteiger partial charge in [0, 0.05) is 19.1 Å². The molecule has 1 aliphatic rings. The van der Waals surface area contributed by atoms with Gasteiger partial charge >= 0.3 is 0 Å². The molecule has 0 aromatic carbocycles. The lowest BCUT2D eigenvalue weighted by Crippen LogP contribution is -2.28. The highest BCUT2D eigenvalue weighted by atomic mass is 15.2. The van der Waals surface area contributed by atoms with Crippen molar-refractivity contribution in [3.05, 3.63) is 23.9 Å². The molecule has 1 fully saturated rings. The summed E-state index contributed by atoms with van der Waals surface area (Å²) in [5, 5.41) is 3.41. The van der Waals surface area contributed by atoms with Crippen molar-refractivity contribution in [1.82, 2.24) is 10.3 Å². The minimum absolute atomic E-state index is 0.617. The van der Waals surface area contributed by atoms with Crippen LogP contribution in [0.15, 0.2) is 18.2 Å². The lowest BCUT2D eigenvalue weighted by Gasteiger charge is -2.23. The maximum Gasteiger partial charge on any atom is 0.129 e. The number of rotatable bonds is 5. The first kappa shape index (κ1) is 13.3. The van der Waals surface area contributed by atoms with Crippen molar-refractivity contribution >= 4 is 5.82 Å². The first-order valence-corrected chi connectivity index (χ1v) is 7.14. The van der Waals surface area contributed by atoms with E-state index < -0.39 is 0 Å². The molecule has 1 aromatic rings. The van der Waals surface area contributed by atoms with E-state index in [-0.39, 0.29) is 0 Å². The van der Waals surface area contributed by atoms with E-state index in [0.717, 1.165) is 37.1 Å². The maximum atomic E-state index is 4.77. The molecule has 2 atom stereocenters. The highest BCUT2D eigenvalue weighted by Gasteiger charge is 2.26. The number of pyridine rings is 1. The Morgan fingerprint density at radius 2 is 2.22 bits per heavy atom. The minimum atomic E-state index is 0.617. The lowest BCUT2D eigenvalue weighted by atomic mass is 10.1. The molecule has 0 aliphatic carbocycles. The summed E-state index contributed by atoms with van der Waals surface area (Å²) < 4.78 is 0. The molecule has 1 aliphatic heterocycles. The van der Waals surface area contributed by atoms with E-state index in [9.17, 15) is 0 Å². The predicted octanol–water partition coefficient (Wildman–Crippen LogP) is 2.82. The summed E-state index contributed by atoms with van der Waals surface area (Å²) in [4.78, 5) is 7.21. The highest BCUT2D eigenvalue weighted by Crippen LogP contribution is 2.27. The van der Waals surface area contributed by atoms with Crippen molar-refractivity contribution in [2.45, 2.75) is 46.2 Å². The summed E-state index contributed by atoms with van der Waals surface area (Å²) >= 11 is 0. The van der Waals surface area contributed by atoms with Gasteiger partial charge in [-0.2, -0.15) is 0 Å². The molecule has 2 heterocycles. The first-order chi connectivity index (χ1) is 8.70. The second-order valence-corrected chi connectivity index (χ2v) is 5.51. The van der Waals surface area contributed by atoms with Crippen LogP contribution in [0.25, 0.3) is 0 Å². The molecule has 100 valence electrons. The van der Waals surface area contributed by atoms with Gasteiger partial charge in [0.1, 0.15) is 5.82 Å². The average molecular weight is 247 g/mol. The molecule has 0 amide bonds. The third kappa shape index (κ3) is 3.22. The van der Waals surface area contributed by atoms with E-state index in [1.54, 1.807) is 0 Å². The SMILES string of the molecule is CCCNCc1cccc(N2CC(C)CC2C)n1. The van der Waals surface area contributed by atoms with Crippen LogP contribution < -0.4 is 10.2 Å². The zero-order valence-corrected chi connectivity index (χ0v) is 11.8. The third-order valence-electron chi connectivity index (χ3n) is 3.60. The standard InChI is InChI=1S/C15H25N3/c1-4-8-16-10-14-6-5-7-15(17-14)18-11-12(2)9-13(18)3/h5-7,12-13,16H,4,8-11H2,1-3H3. The largest absolute Gasteiger partial charge is 0.354 e. The van der Waals surface area contributed by atoms with Crippen LogP contribution in [0, 0.1) is 5.92 Å². The molecular formula is C15H25N3. The topological polar surface area (TPSA) is 28.2 Å². The Labute approximate surface area is 111 Å². The highest BCUT2D eigenvalue weighted by molar-refractivity contribution is 5.41. The molecule has 0 radical (unpaired) electrons. The summed E-state index contributed by atoms with van der Waals surface area (Å²) in [6.45, 7) is 9.88. The van der Waals surface area contributed by atoms with Gasteiger partial charge in [0.2, 0.25) is 0 Å². The normalized spacial score (nSPS) is 23.6. The first-order valence-electron chi connectivity index (χ1n) is 7.14. The molecule has 1 aromatic heterocycles. The number of hydrogen-bond donors (Lipinski definition) is 1. The van der Waals surface area contributed by atoms with Gasteiger partial charge < -0.3 is 10.2 Å². The number of anilines is 1. The summed E-state index contributed by atoms with van der Waals surface area (Å²) in [5.74, 6) is 1.92. The molecule has 1 N–H and O–H groups in total. The zero-order chi connectivity index (χ0) is 13.0. The fraction of sp³-hybridized carbons (Fsp3) is 0.667. The van der Waals surface area contributed by atoms with Crippen LogP contribution >= 0.6 is 0 Å². The number of aromatic nitrogens is 1. The second kappa shape index (κ2) is 6.19. The number of hydrogen-bond acceptors (Lipinski definition) is 3. The van der Waals surface area contributed by atoms with Crippen molar-refractivity contribution < 1.29 is 0 Å². The monoisotopic (exact) mass is 247 g/mol. The van der Waals surface area contributed by atoms with Crippen LogP contribution in [0.4, 0.5) is 5.82 Å². The average Bonchev–Trinajstić information content (AvgIpc) is 2.69. The van der Waals surface area contributed by atoms with E-state index in [1.165, 1.54) is 12.8 Å². The molecule has 2 unspecified atom stereocenters. The van der Waals surface area contributed by atoms with Crippen molar-refractivity contribution in [1.29, 1.82) is 0 Å². The zero-order valence-electron chi connectivity index (χ0n) is 11.8. The lowest BCUT2D eigenvalue weighted by molar-refractivity contribution is 0.625. The third-order valence-corrected chi connectivity index (χ3v) is 3.60. The quantitative estimate of drug-likeness (QED) is 0.811. The molecule has 0 spiro atoms. The summed E-state index contributed by atoms with van der Waals surface area (Å²) in [6.07, 6.45) is 2.44.